The topological polar surface area (TPSA) is 121 Å². The standard InChI is InChI=1S/C14H17N3O5/c18-3-8-10(19)11(20)12(22-8)7-4-21-13-9(7)15-5-16-14(13)17-6-1-2-6/h4-6,8,10-12,18-20H,1-3H2,(H,15,16,17)/t8-,10-,11-,12?/m1/s1. The zero-order chi connectivity index (χ0) is 15.3. The first-order chi connectivity index (χ1) is 10.7. The highest BCUT2D eigenvalue weighted by molar-refractivity contribution is 5.86. The molecule has 22 heavy (non-hydrogen) atoms. The number of aromatic nitrogens is 2. The molecular weight excluding hydrogens is 290 g/mol. The van der Waals surface area contributed by atoms with Gasteiger partial charge in [-0.25, -0.2) is 9.97 Å². The predicted octanol–water partition coefficient (Wildman–Crippen LogP) is -0.0489. The van der Waals surface area contributed by atoms with Gasteiger partial charge >= 0.3 is 0 Å². The highest BCUT2D eigenvalue weighted by Gasteiger charge is 2.44. The van der Waals surface area contributed by atoms with Crippen molar-refractivity contribution < 1.29 is 24.5 Å². The van der Waals surface area contributed by atoms with Gasteiger partial charge in [-0.2, -0.15) is 0 Å². The third-order valence-electron chi connectivity index (χ3n) is 4.15. The average molecular weight is 307 g/mol. The molecule has 118 valence electrons. The van der Waals surface area contributed by atoms with Gasteiger partial charge in [0.1, 0.15) is 36.3 Å². The summed E-state index contributed by atoms with van der Waals surface area (Å²) in [6.45, 7) is -0.367. The van der Waals surface area contributed by atoms with Gasteiger partial charge in [0.05, 0.1) is 12.9 Å². The van der Waals surface area contributed by atoms with E-state index in [9.17, 15) is 15.3 Å². The molecule has 3 heterocycles. The first kappa shape index (κ1) is 13.9. The fourth-order valence-electron chi connectivity index (χ4n) is 2.75. The summed E-state index contributed by atoms with van der Waals surface area (Å²) >= 11 is 0. The SMILES string of the molecule is OC[C@H]1OC(c2coc3c(NC4CC4)ncnc23)[C@H](O)[C@@H]1O. The molecule has 1 saturated carbocycles. The molecule has 0 aromatic carbocycles. The second kappa shape index (κ2) is 5.17. The minimum Gasteiger partial charge on any atom is -0.458 e. The number of fused-ring (bicyclic) bond motifs is 1. The van der Waals surface area contributed by atoms with Gasteiger partial charge < -0.3 is 29.8 Å². The van der Waals surface area contributed by atoms with Crippen molar-refractivity contribution in [2.24, 2.45) is 0 Å². The summed E-state index contributed by atoms with van der Waals surface area (Å²) in [5, 5.41) is 32.4. The number of hydrogen-bond donors (Lipinski definition) is 4. The molecule has 2 fully saturated rings. The smallest absolute Gasteiger partial charge is 0.194 e. The number of furan rings is 1. The van der Waals surface area contributed by atoms with Crippen molar-refractivity contribution in [1.29, 1.82) is 0 Å². The number of rotatable bonds is 4. The summed E-state index contributed by atoms with van der Waals surface area (Å²) in [4.78, 5) is 8.39. The summed E-state index contributed by atoms with van der Waals surface area (Å²) in [6.07, 6.45) is 1.18. The van der Waals surface area contributed by atoms with E-state index in [2.05, 4.69) is 15.3 Å². The Bertz CT molecular complexity index is 686. The monoisotopic (exact) mass is 307 g/mol. The Balaban J connectivity index is 1.70. The summed E-state index contributed by atoms with van der Waals surface area (Å²) in [6, 6.07) is 0.417. The maximum Gasteiger partial charge on any atom is 0.194 e. The van der Waals surface area contributed by atoms with Gasteiger partial charge in [0.25, 0.3) is 0 Å². The van der Waals surface area contributed by atoms with E-state index in [-0.39, 0.29) is 6.61 Å². The van der Waals surface area contributed by atoms with Gasteiger partial charge in [0, 0.05) is 11.6 Å². The maximum atomic E-state index is 10.1. The van der Waals surface area contributed by atoms with Crippen LogP contribution < -0.4 is 5.32 Å². The van der Waals surface area contributed by atoms with Crippen molar-refractivity contribution >= 4 is 16.9 Å². The average Bonchev–Trinajstić information content (AvgIpc) is 3.16. The Labute approximate surface area is 125 Å². The Morgan fingerprint density at radius 3 is 2.73 bits per heavy atom. The van der Waals surface area contributed by atoms with Gasteiger partial charge in [-0.05, 0) is 12.8 Å². The van der Waals surface area contributed by atoms with E-state index >= 15 is 0 Å². The number of aliphatic hydroxyl groups excluding tert-OH is 3. The number of anilines is 1. The summed E-state index contributed by atoms with van der Waals surface area (Å²) in [5.41, 5.74) is 1.58. The van der Waals surface area contributed by atoms with Crippen molar-refractivity contribution in [2.75, 3.05) is 11.9 Å². The molecule has 4 rings (SSSR count). The fraction of sp³-hybridized carbons (Fsp3) is 0.571. The molecule has 1 unspecified atom stereocenters. The predicted molar refractivity (Wildman–Crippen MR) is 75.2 cm³/mol. The first-order valence-electron chi connectivity index (χ1n) is 7.30. The molecular formula is C14H17N3O5. The zero-order valence-corrected chi connectivity index (χ0v) is 11.7. The molecule has 0 amide bonds. The van der Waals surface area contributed by atoms with Crippen LogP contribution in [0.3, 0.4) is 0 Å². The highest BCUT2D eigenvalue weighted by Crippen LogP contribution is 2.38. The van der Waals surface area contributed by atoms with E-state index in [1.165, 1.54) is 12.6 Å². The Hall–Kier alpha value is -1.74. The van der Waals surface area contributed by atoms with Crippen LogP contribution in [0.5, 0.6) is 0 Å². The molecule has 0 bridgehead atoms. The van der Waals surface area contributed by atoms with Crippen molar-refractivity contribution in [2.45, 2.75) is 43.3 Å². The molecule has 4 atom stereocenters. The van der Waals surface area contributed by atoms with E-state index < -0.39 is 24.4 Å². The van der Waals surface area contributed by atoms with Crippen LogP contribution in [0.25, 0.3) is 11.1 Å². The van der Waals surface area contributed by atoms with Crippen LogP contribution in [0.1, 0.15) is 24.5 Å². The molecule has 2 aromatic heterocycles. The minimum absolute atomic E-state index is 0.367. The van der Waals surface area contributed by atoms with E-state index in [1.807, 2.05) is 0 Å². The van der Waals surface area contributed by atoms with E-state index in [0.29, 0.717) is 28.5 Å². The summed E-state index contributed by atoms with van der Waals surface area (Å²) in [7, 11) is 0. The molecule has 8 heteroatoms. The lowest BCUT2D eigenvalue weighted by atomic mass is 10.0. The third-order valence-corrected chi connectivity index (χ3v) is 4.15. The summed E-state index contributed by atoms with van der Waals surface area (Å²) in [5.74, 6) is 0.616. The Morgan fingerprint density at radius 2 is 2.05 bits per heavy atom. The largest absolute Gasteiger partial charge is 0.458 e. The van der Waals surface area contributed by atoms with Crippen LogP contribution >= 0.6 is 0 Å². The number of nitrogens with one attached hydrogen (secondary N) is 1. The van der Waals surface area contributed by atoms with Crippen LogP contribution in [0, 0.1) is 0 Å². The van der Waals surface area contributed by atoms with Crippen molar-refractivity contribution in [3.8, 4) is 0 Å². The number of nitrogens with zero attached hydrogens (tertiary/aromatic N) is 2. The quantitative estimate of drug-likeness (QED) is 0.620. The summed E-state index contributed by atoms with van der Waals surface area (Å²) < 4.78 is 11.1. The second-order valence-corrected chi connectivity index (χ2v) is 5.77. The first-order valence-corrected chi connectivity index (χ1v) is 7.30. The van der Waals surface area contributed by atoms with Gasteiger partial charge in [-0.1, -0.05) is 0 Å². The maximum absolute atomic E-state index is 10.1. The lowest BCUT2D eigenvalue weighted by Crippen LogP contribution is -2.32. The molecule has 1 saturated heterocycles. The van der Waals surface area contributed by atoms with Crippen molar-refractivity contribution in [1.82, 2.24) is 9.97 Å². The van der Waals surface area contributed by atoms with Gasteiger partial charge in [-0.3, -0.25) is 0 Å². The lowest BCUT2D eigenvalue weighted by molar-refractivity contribution is -0.0226. The molecule has 0 radical (unpaired) electrons. The number of hydrogen-bond acceptors (Lipinski definition) is 8. The van der Waals surface area contributed by atoms with E-state index in [0.717, 1.165) is 12.8 Å². The van der Waals surface area contributed by atoms with Crippen molar-refractivity contribution in [3.63, 3.8) is 0 Å². The second-order valence-electron chi connectivity index (χ2n) is 5.77. The number of ether oxygens (including phenoxy) is 1. The van der Waals surface area contributed by atoms with Crippen LogP contribution in [0.15, 0.2) is 17.0 Å². The van der Waals surface area contributed by atoms with Crippen LogP contribution in [0.2, 0.25) is 0 Å². The Morgan fingerprint density at radius 1 is 1.23 bits per heavy atom. The third kappa shape index (κ3) is 2.15. The molecule has 0 spiro atoms. The van der Waals surface area contributed by atoms with Gasteiger partial charge in [0.15, 0.2) is 11.4 Å². The molecule has 4 N–H and O–H groups in total. The Kier molecular flexibility index (Phi) is 3.26. The zero-order valence-electron chi connectivity index (χ0n) is 11.7. The fourth-order valence-corrected chi connectivity index (χ4v) is 2.75. The lowest BCUT2D eigenvalue weighted by Gasteiger charge is -2.12. The van der Waals surface area contributed by atoms with Gasteiger partial charge in [0.2, 0.25) is 0 Å². The van der Waals surface area contributed by atoms with Crippen LogP contribution in [0.4, 0.5) is 5.82 Å². The van der Waals surface area contributed by atoms with Crippen LogP contribution in [-0.4, -0.2) is 56.2 Å². The van der Waals surface area contributed by atoms with Gasteiger partial charge in [-0.15, -0.1) is 0 Å². The van der Waals surface area contributed by atoms with Crippen molar-refractivity contribution in [3.05, 3.63) is 18.2 Å². The molecule has 1 aliphatic heterocycles. The highest BCUT2D eigenvalue weighted by atomic mass is 16.6. The van der Waals surface area contributed by atoms with E-state index in [4.69, 9.17) is 9.15 Å². The normalized spacial score (nSPS) is 31.8. The van der Waals surface area contributed by atoms with E-state index in [1.54, 1.807) is 0 Å². The molecule has 2 aromatic rings. The van der Waals surface area contributed by atoms with Crippen LogP contribution in [-0.2, 0) is 4.74 Å². The minimum atomic E-state index is -1.15. The molecule has 1 aliphatic carbocycles. The number of aliphatic hydroxyl groups is 3. The molecule has 8 nitrogen and oxygen atoms in total. The molecule has 2 aliphatic rings.